The molecule has 2 aromatic rings. The van der Waals surface area contributed by atoms with E-state index in [4.69, 9.17) is 0 Å². The highest BCUT2D eigenvalue weighted by molar-refractivity contribution is 7.90. The van der Waals surface area contributed by atoms with Gasteiger partial charge in [-0.3, -0.25) is 0 Å². The van der Waals surface area contributed by atoms with Crippen LogP contribution in [0.5, 0.6) is 0 Å². The lowest BCUT2D eigenvalue weighted by molar-refractivity contribution is 0.167. The topological polar surface area (TPSA) is 54.4 Å². The summed E-state index contributed by atoms with van der Waals surface area (Å²) < 4.78 is 22.1. The van der Waals surface area contributed by atoms with Crippen molar-refractivity contribution in [3.8, 4) is 0 Å². The fraction of sp³-hybridized carbons (Fsp3) is 0.333. The zero-order chi connectivity index (χ0) is 13.9. The van der Waals surface area contributed by atoms with Crippen LogP contribution in [-0.4, -0.2) is 25.5 Å². The van der Waals surface area contributed by atoms with Gasteiger partial charge in [0.1, 0.15) is 9.84 Å². The van der Waals surface area contributed by atoms with Gasteiger partial charge < -0.3 is 5.11 Å². The molecule has 3 nitrogen and oxygen atoms in total. The summed E-state index contributed by atoms with van der Waals surface area (Å²) in [5.74, 6) is 0.123. The van der Waals surface area contributed by atoms with Crippen LogP contribution in [0.15, 0.2) is 42.5 Å². The van der Waals surface area contributed by atoms with Crippen LogP contribution in [0.25, 0.3) is 10.8 Å². The lowest BCUT2D eigenvalue weighted by atomic mass is 10.0. The van der Waals surface area contributed by atoms with Crippen molar-refractivity contribution in [2.24, 2.45) is 0 Å². The molecular weight excluding hydrogens is 260 g/mol. The van der Waals surface area contributed by atoms with Crippen molar-refractivity contribution in [1.29, 1.82) is 0 Å². The number of hydrogen-bond acceptors (Lipinski definition) is 3. The molecule has 4 heteroatoms. The smallest absolute Gasteiger partial charge is 0.147 e. The summed E-state index contributed by atoms with van der Waals surface area (Å²) in [5, 5.41) is 12.3. The summed E-state index contributed by atoms with van der Waals surface area (Å²) in [6, 6.07) is 13.8. The Hall–Kier alpha value is -1.39. The van der Waals surface area contributed by atoms with E-state index in [2.05, 4.69) is 0 Å². The van der Waals surface area contributed by atoms with Crippen molar-refractivity contribution in [1.82, 2.24) is 0 Å². The predicted octanol–water partition coefficient (Wildman–Crippen LogP) is 2.70. The molecule has 2 aromatic carbocycles. The van der Waals surface area contributed by atoms with Gasteiger partial charge in [0.25, 0.3) is 0 Å². The van der Waals surface area contributed by atoms with Crippen LogP contribution < -0.4 is 0 Å². The summed E-state index contributed by atoms with van der Waals surface area (Å²) in [4.78, 5) is 0. The average molecular weight is 278 g/mol. The summed E-state index contributed by atoms with van der Waals surface area (Å²) in [7, 11) is -2.95. The molecule has 0 aromatic heterocycles. The van der Waals surface area contributed by atoms with Gasteiger partial charge in [0.05, 0.1) is 6.10 Å². The molecule has 1 atom stereocenters. The summed E-state index contributed by atoms with van der Waals surface area (Å²) in [6.45, 7) is 0. The third-order valence-electron chi connectivity index (χ3n) is 3.15. The van der Waals surface area contributed by atoms with Crippen molar-refractivity contribution < 1.29 is 13.5 Å². The van der Waals surface area contributed by atoms with Gasteiger partial charge in [-0.15, -0.1) is 0 Å². The minimum atomic E-state index is -2.95. The maximum atomic E-state index is 11.0. The molecule has 1 N–H and O–H groups in total. The fourth-order valence-corrected chi connectivity index (χ4v) is 2.81. The molecule has 0 saturated carbocycles. The minimum Gasteiger partial charge on any atom is -0.388 e. The van der Waals surface area contributed by atoms with Gasteiger partial charge in [0.15, 0.2) is 0 Å². The van der Waals surface area contributed by atoms with Crippen LogP contribution >= 0.6 is 0 Å². The second kappa shape index (κ2) is 5.72. The molecule has 0 radical (unpaired) electrons. The van der Waals surface area contributed by atoms with E-state index in [1.807, 2.05) is 42.5 Å². The molecular formula is C15H18O3S. The molecule has 19 heavy (non-hydrogen) atoms. The van der Waals surface area contributed by atoms with E-state index in [0.29, 0.717) is 12.8 Å². The molecule has 0 aliphatic rings. The first-order valence-corrected chi connectivity index (χ1v) is 8.36. The van der Waals surface area contributed by atoms with E-state index in [9.17, 15) is 13.5 Å². The van der Waals surface area contributed by atoms with E-state index < -0.39 is 15.9 Å². The van der Waals surface area contributed by atoms with E-state index in [1.165, 1.54) is 6.26 Å². The van der Waals surface area contributed by atoms with Crippen LogP contribution in [0.1, 0.15) is 24.5 Å². The van der Waals surface area contributed by atoms with E-state index in [-0.39, 0.29) is 5.75 Å². The first kappa shape index (κ1) is 14.0. The second-order valence-electron chi connectivity index (χ2n) is 4.89. The maximum absolute atomic E-state index is 11.0. The summed E-state index contributed by atoms with van der Waals surface area (Å²) in [5.41, 5.74) is 0.840. The van der Waals surface area contributed by atoms with Gasteiger partial charge in [-0.1, -0.05) is 36.4 Å². The maximum Gasteiger partial charge on any atom is 0.147 e. The highest BCUT2D eigenvalue weighted by Gasteiger charge is 2.10. The molecule has 0 saturated heterocycles. The average Bonchev–Trinajstić information content (AvgIpc) is 2.36. The number of aliphatic hydroxyl groups is 1. The van der Waals surface area contributed by atoms with Gasteiger partial charge in [-0.25, -0.2) is 8.42 Å². The quantitative estimate of drug-likeness (QED) is 0.915. The zero-order valence-electron chi connectivity index (χ0n) is 10.9. The molecule has 0 aliphatic carbocycles. The van der Waals surface area contributed by atoms with Crippen molar-refractivity contribution in [3.05, 3.63) is 48.0 Å². The number of rotatable bonds is 5. The highest BCUT2D eigenvalue weighted by Crippen LogP contribution is 2.23. The Morgan fingerprint density at radius 3 is 2.47 bits per heavy atom. The SMILES string of the molecule is CS(=O)(=O)CCCC(O)c1ccc2ccccc2c1. The molecule has 0 fully saturated rings. The molecule has 0 heterocycles. The van der Waals surface area contributed by atoms with Crippen molar-refractivity contribution >= 4 is 20.6 Å². The number of hydrogen-bond donors (Lipinski definition) is 1. The molecule has 102 valence electrons. The van der Waals surface area contributed by atoms with Crippen molar-refractivity contribution in [2.45, 2.75) is 18.9 Å². The minimum absolute atomic E-state index is 0.123. The predicted molar refractivity (Wildman–Crippen MR) is 77.9 cm³/mol. The van der Waals surface area contributed by atoms with Crippen LogP contribution in [0.2, 0.25) is 0 Å². The Morgan fingerprint density at radius 1 is 1.11 bits per heavy atom. The number of benzene rings is 2. The van der Waals surface area contributed by atoms with E-state index >= 15 is 0 Å². The normalized spacial score (nSPS) is 13.6. The summed E-state index contributed by atoms with van der Waals surface area (Å²) in [6.07, 6.45) is 1.56. The Morgan fingerprint density at radius 2 is 1.79 bits per heavy atom. The Kier molecular flexibility index (Phi) is 4.22. The van der Waals surface area contributed by atoms with Crippen LogP contribution in [-0.2, 0) is 9.84 Å². The van der Waals surface area contributed by atoms with Crippen molar-refractivity contribution in [3.63, 3.8) is 0 Å². The third-order valence-corrected chi connectivity index (χ3v) is 4.18. The zero-order valence-corrected chi connectivity index (χ0v) is 11.7. The standard InChI is InChI=1S/C15H18O3S/c1-19(17,18)10-4-7-15(16)14-9-8-12-5-2-3-6-13(12)11-14/h2-3,5-6,8-9,11,15-16H,4,7,10H2,1H3. The largest absolute Gasteiger partial charge is 0.388 e. The second-order valence-corrected chi connectivity index (χ2v) is 7.15. The van der Waals surface area contributed by atoms with Gasteiger partial charge in [0, 0.05) is 12.0 Å². The first-order valence-electron chi connectivity index (χ1n) is 6.30. The Balaban J connectivity index is 2.06. The lowest BCUT2D eigenvalue weighted by Gasteiger charge is -2.11. The number of sulfone groups is 1. The first-order chi connectivity index (χ1) is 8.96. The highest BCUT2D eigenvalue weighted by atomic mass is 32.2. The van der Waals surface area contributed by atoms with E-state index in [0.717, 1.165) is 16.3 Å². The molecule has 0 bridgehead atoms. The third kappa shape index (κ3) is 4.04. The van der Waals surface area contributed by atoms with Gasteiger partial charge in [0.2, 0.25) is 0 Å². The van der Waals surface area contributed by atoms with Crippen molar-refractivity contribution in [2.75, 3.05) is 12.0 Å². The fourth-order valence-electron chi connectivity index (χ4n) is 2.12. The van der Waals surface area contributed by atoms with E-state index in [1.54, 1.807) is 0 Å². The van der Waals surface area contributed by atoms with Gasteiger partial charge >= 0.3 is 0 Å². The monoisotopic (exact) mass is 278 g/mol. The summed E-state index contributed by atoms with van der Waals surface area (Å²) >= 11 is 0. The number of fused-ring (bicyclic) bond motifs is 1. The molecule has 2 rings (SSSR count). The molecule has 0 amide bonds. The van der Waals surface area contributed by atoms with Crippen LogP contribution in [0, 0.1) is 0 Å². The van der Waals surface area contributed by atoms with Gasteiger partial charge in [-0.05, 0) is 35.2 Å². The van der Waals surface area contributed by atoms with Gasteiger partial charge in [-0.2, -0.15) is 0 Å². The lowest BCUT2D eigenvalue weighted by Crippen LogP contribution is -2.05. The van der Waals surface area contributed by atoms with Crippen LogP contribution in [0.3, 0.4) is 0 Å². The Bertz CT molecular complexity index is 662. The number of aliphatic hydroxyl groups excluding tert-OH is 1. The molecule has 0 aliphatic heterocycles. The molecule has 1 unspecified atom stereocenters. The van der Waals surface area contributed by atoms with Crippen LogP contribution in [0.4, 0.5) is 0 Å². The molecule has 0 spiro atoms. The Labute approximate surface area is 113 Å².